The van der Waals surface area contributed by atoms with Gasteiger partial charge in [0.05, 0.1) is 18.1 Å². The standard InChI is InChI=1S/C20H31N3O3S2/c24-20(14-22-9-7-21(8-10-22)13-17-5-11-27-15-17)23(18-3-1-2-4-18)19-6-12-28(25,26)16-19/h5,11,15,18-19H,1-4,6-10,12-14,16H2/t19-/m0/s1. The van der Waals surface area contributed by atoms with Gasteiger partial charge < -0.3 is 4.90 Å². The largest absolute Gasteiger partial charge is 0.335 e. The number of hydrogen-bond acceptors (Lipinski definition) is 6. The van der Waals surface area contributed by atoms with Crippen LogP contribution in [0.1, 0.15) is 37.7 Å². The SMILES string of the molecule is O=C(CN1CCN(Cc2ccsc2)CC1)N(C1CCCC1)[C@H]1CCS(=O)(=O)C1. The molecule has 0 aromatic carbocycles. The number of amides is 1. The lowest BCUT2D eigenvalue weighted by atomic mass is 10.1. The fourth-order valence-electron chi connectivity index (χ4n) is 4.90. The maximum atomic E-state index is 13.2. The first kappa shape index (κ1) is 20.3. The van der Waals surface area contributed by atoms with Crippen molar-refractivity contribution in [3.63, 3.8) is 0 Å². The molecule has 8 heteroatoms. The van der Waals surface area contributed by atoms with Gasteiger partial charge in [0, 0.05) is 44.8 Å². The second-order valence-electron chi connectivity index (χ2n) is 8.48. The van der Waals surface area contributed by atoms with Crippen molar-refractivity contribution in [2.24, 2.45) is 0 Å². The van der Waals surface area contributed by atoms with Crippen LogP contribution in [0.4, 0.5) is 0 Å². The highest BCUT2D eigenvalue weighted by atomic mass is 32.2. The van der Waals surface area contributed by atoms with Crippen molar-refractivity contribution >= 4 is 27.1 Å². The van der Waals surface area contributed by atoms with Crippen LogP contribution in [-0.4, -0.2) is 85.3 Å². The number of rotatable bonds is 6. The fourth-order valence-corrected chi connectivity index (χ4v) is 7.27. The highest BCUT2D eigenvalue weighted by Crippen LogP contribution is 2.29. The van der Waals surface area contributed by atoms with E-state index >= 15 is 0 Å². The number of thiophene rings is 1. The van der Waals surface area contributed by atoms with Crippen LogP contribution in [0, 0.1) is 0 Å². The van der Waals surface area contributed by atoms with E-state index in [2.05, 4.69) is 26.6 Å². The van der Waals surface area contributed by atoms with Crippen molar-refractivity contribution in [3.8, 4) is 0 Å². The van der Waals surface area contributed by atoms with Crippen molar-refractivity contribution in [3.05, 3.63) is 22.4 Å². The number of hydrogen-bond donors (Lipinski definition) is 0. The highest BCUT2D eigenvalue weighted by Gasteiger charge is 2.39. The van der Waals surface area contributed by atoms with E-state index in [9.17, 15) is 13.2 Å². The van der Waals surface area contributed by atoms with Crippen LogP contribution in [0.5, 0.6) is 0 Å². The van der Waals surface area contributed by atoms with Gasteiger partial charge in [-0.1, -0.05) is 12.8 Å². The Morgan fingerprint density at radius 3 is 2.39 bits per heavy atom. The van der Waals surface area contributed by atoms with Crippen molar-refractivity contribution < 1.29 is 13.2 Å². The third kappa shape index (κ3) is 4.96. The average molecular weight is 426 g/mol. The Balaban J connectivity index is 1.33. The van der Waals surface area contributed by atoms with Gasteiger partial charge in [-0.15, -0.1) is 0 Å². The first-order chi connectivity index (χ1) is 13.5. The molecule has 3 aliphatic rings. The van der Waals surface area contributed by atoms with E-state index in [4.69, 9.17) is 0 Å². The van der Waals surface area contributed by atoms with E-state index in [0.717, 1.165) is 58.4 Å². The molecule has 1 atom stereocenters. The van der Waals surface area contributed by atoms with Crippen molar-refractivity contribution in [1.29, 1.82) is 0 Å². The molecule has 2 aliphatic heterocycles. The Kier molecular flexibility index (Phi) is 6.40. The highest BCUT2D eigenvalue weighted by molar-refractivity contribution is 7.91. The molecular weight excluding hydrogens is 394 g/mol. The molecule has 1 aromatic heterocycles. The third-order valence-electron chi connectivity index (χ3n) is 6.42. The van der Waals surface area contributed by atoms with E-state index in [1.54, 1.807) is 11.3 Å². The number of nitrogens with zero attached hydrogens (tertiary/aromatic N) is 3. The van der Waals surface area contributed by atoms with Crippen LogP contribution in [-0.2, 0) is 21.2 Å². The van der Waals surface area contributed by atoms with Gasteiger partial charge in [0.1, 0.15) is 0 Å². The number of sulfone groups is 1. The minimum Gasteiger partial charge on any atom is -0.335 e. The molecule has 1 saturated carbocycles. The van der Waals surface area contributed by atoms with E-state index in [1.165, 1.54) is 5.56 Å². The Hall–Kier alpha value is -0.960. The van der Waals surface area contributed by atoms with Crippen LogP contribution >= 0.6 is 11.3 Å². The van der Waals surface area contributed by atoms with Crippen LogP contribution in [0.25, 0.3) is 0 Å². The summed E-state index contributed by atoms with van der Waals surface area (Å²) in [5, 5.41) is 4.32. The number of piperazine rings is 1. The zero-order valence-corrected chi connectivity index (χ0v) is 18.1. The Labute approximate surface area is 172 Å². The van der Waals surface area contributed by atoms with Crippen LogP contribution in [0.2, 0.25) is 0 Å². The molecule has 28 heavy (non-hydrogen) atoms. The van der Waals surface area contributed by atoms with Crippen molar-refractivity contribution in [2.75, 3.05) is 44.2 Å². The monoisotopic (exact) mass is 425 g/mol. The van der Waals surface area contributed by atoms with E-state index < -0.39 is 9.84 Å². The Bertz CT molecular complexity index is 752. The molecule has 3 heterocycles. The molecule has 1 amide bonds. The second-order valence-corrected chi connectivity index (χ2v) is 11.5. The molecule has 1 aromatic rings. The van der Waals surface area contributed by atoms with Crippen molar-refractivity contribution in [2.45, 2.75) is 50.7 Å². The van der Waals surface area contributed by atoms with Gasteiger partial charge in [-0.05, 0) is 41.7 Å². The molecule has 0 N–H and O–H groups in total. The summed E-state index contributed by atoms with van der Waals surface area (Å²) in [4.78, 5) is 19.9. The summed E-state index contributed by atoms with van der Waals surface area (Å²) >= 11 is 1.73. The molecular formula is C20H31N3O3S2. The summed E-state index contributed by atoms with van der Waals surface area (Å²) in [5.74, 6) is 0.527. The fraction of sp³-hybridized carbons (Fsp3) is 0.750. The predicted octanol–water partition coefficient (Wildman–Crippen LogP) is 1.82. The van der Waals surface area contributed by atoms with E-state index in [1.807, 2.05) is 4.90 Å². The van der Waals surface area contributed by atoms with Gasteiger partial charge in [0.15, 0.2) is 9.84 Å². The Morgan fingerprint density at radius 2 is 1.79 bits per heavy atom. The first-order valence-electron chi connectivity index (χ1n) is 10.5. The van der Waals surface area contributed by atoms with Crippen molar-refractivity contribution in [1.82, 2.24) is 14.7 Å². The zero-order valence-electron chi connectivity index (χ0n) is 16.5. The molecule has 0 bridgehead atoms. The van der Waals surface area contributed by atoms with Gasteiger partial charge in [-0.3, -0.25) is 14.6 Å². The molecule has 0 unspecified atom stereocenters. The summed E-state index contributed by atoms with van der Waals surface area (Å²) in [6, 6.07) is 2.31. The second kappa shape index (κ2) is 8.81. The predicted molar refractivity (Wildman–Crippen MR) is 112 cm³/mol. The van der Waals surface area contributed by atoms with E-state index in [0.29, 0.717) is 13.0 Å². The zero-order chi connectivity index (χ0) is 19.6. The quantitative estimate of drug-likeness (QED) is 0.696. The molecule has 0 radical (unpaired) electrons. The van der Waals surface area contributed by atoms with Crippen LogP contribution in [0.3, 0.4) is 0 Å². The summed E-state index contributed by atoms with van der Waals surface area (Å²) in [7, 11) is -2.98. The molecule has 4 rings (SSSR count). The van der Waals surface area contributed by atoms with Crippen LogP contribution < -0.4 is 0 Å². The summed E-state index contributed by atoms with van der Waals surface area (Å²) in [5.41, 5.74) is 1.37. The number of carbonyl (C=O) groups excluding carboxylic acids is 1. The third-order valence-corrected chi connectivity index (χ3v) is 8.90. The van der Waals surface area contributed by atoms with Gasteiger partial charge in [-0.2, -0.15) is 11.3 Å². The average Bonchev–Trinajstić information content (AvgIpc) is 3.40. The smallest absolute Gasteiger partial charge is 0.237 e. The summed E-state index contributed by atoms with van der Waals surface area (Å²) in [6.07, 6.45) is 4.96. The van der Waals surface area contributed by atoms with Crippen LogP contribution in [0.15, 0.2) is 16.8 Å². The first-order valence-corrected chi connectivity index (χ1v) is 13.2. The summed E-state index contributed by atoms with van der Waals surface area (Å²) in [6.45, 7) is 5.17. The molecule has 1 aliphatic carbocycles. The normalized spacial score (nSPS) is 26.6. The van der Waals surface area contributed by atoms with Gasteiger partial charge >= 0.3 is 0 Å². The molecule has 0 spiro atoms. The minimum atomic E-state index is -2.98. The van der Waals surface area contributed by atoms with Gasteiger partial charge in [0.25, 0.3) is 0 Å². The lowest BCUT2D eigenvalue weighted by Gasteiger charge is -2.38. The number of carbonyl (C=O) groups is 1. The molecule has 2 saturated heterocycles. The Morgan fingerprint density at radius 1 is 1.07 bits per heavy atom. The van der Waals surface area contributed by atoms with Gasteiger partial charge in [0.2, 0.25) is 5.91 Å². The molecule has 3 fully saturated rings. The molecule has 6 nitrogen and oxygen atoms in total. The topological polar surface area (TPSA) is 60.9 Å². The molecule has 156 valence electrons. The lowest BCUT2D eigenvalue weighted by molar-refractivity contribution is -0.137. The lowest BCUT2D eigenvalue weighted by Crippen LogP contribution is -2.53. The minimum absolute atomic E-state index is 0.111. The van der Waals surface area contributed by atoms with E-state index in [-0.39, 0.29) is 29.5 Å². The summed E-state index contributed by atoms with van der Waals surface area (Å²) < 4.78 is 24.0. The maximum Gasteiger partial charge on any atom is 0.237 e. The maximum absolute atomic E-state index is 13.2. The van der Waals surface area contributed by atoms with Gasteiger partial charge in [-0.25, -0.2) is 8.42 Å².